The summed E-state index contributed by atoms with van der Waals surface area (Å²) < 4.78 is 1.69. The van der Waals surface area contributed by atoms with E-state index >= 15 is 0 Å². The quantitative estimate of drug-likeness (QED) is 0.552. The number of nitrogens with one attached hydrogen (secondary N) is 1. The molecule has 96 valence electrons. The van der Waals surface area contributed by atoms with Crippen LogP contribution in [-0.2, 0) is 6.54 Å². The van der Waals surface area contributed by atoms with E-state index in [2.05, 4.69) is 36.4 Å². The van der Waals surface area contributed by atoms with E-state index in [1.54, 1.807) is 10.9 Å². The van der Waals surface area contributed by atoms with Crippen molar-refractivity contribution in [1.29, 1.82) is 0 Å². The van der Waals surface area contributed by atoms with Crippen molar-refractivity contribution in [3.8, 4) is 0 Å². The van der Waals surface area contributed by atoms with Crippen molar-refractivity contribution in [3.63, 3.8) is 0 Å². The molecule has 0 atom stereocenters. The van der Waals surface area contributed by atoms with Crippen molar-refractivity contribution in [2.24, 2.45) is 0 Å². The second-order valence-corrected chi connectivity index (χ2v) is 4.48. The molecule has 0 fully saturated rings. The SMILES string of the molecule is CCCn1nncc1C(=O)CCCNC(C)C. The highest BCUT2D eigenvalue weighted by Gasteiger charge is 2.12. The number of aryl methyl sites for hydroxylation is 1. The minimum Gasteiger partial charge on any atom is -0.315 e. The normalized spacial score (nSPS) is 11.1. The Kier molecular flexibility index (Phi) is 5.83. The van der Waals surface area contributed by atoms with Gasteiger partial charge in [-0.15, -0.1) is 5.10 Å². The maximum Gasteiger partial charge on any atom is 0.182 e. The summed E-state index contributed by atoms with van der Waals surface area (Å²) in [7, 11) is 0. The van der Waals surface area contributed by atoms with E-state index in [1.165, 1.54) is 0 Å². The van der Waals surface area contributed by atoms with Gasteiger partial charge in [-0.3, -0.25) is 4.79 Å². The largest absolute Gasteiger partial charge is 0.315 e. The summed E-state index contributed by atoms with van der Waals surface area (Å²) in [6.07, 6.45) is 3.93. The third kappa shape index (κ3) is 4.65. The molecule has 5 nitrogen and oxygen atoms in total. The van der Waals surface area contributed by atoms with Crippen LogP contribution in [0.15, 0.2) is 6.20 Å². The summed E-state index contributed by atoms with van der Waals surface area (Å²) in [6.45, 7) is 7.89. The highest BCUT2D eigenvalue weighted by molar-refractivity contribution is 5.94. The van der Waals surface area contributed by atoms with Crippen LogP contribution in [0.4, 0.5) is 0 Å². The molecule has 0 amide bonds. The van der Waals surface area contributed by atoms with E-state index in [0.717, 1.165) is 25.9 Å². The van der Waals surface area contributed by atoms with Crippen LogP contribution in [0.2, 0.25) is 0 Å². The number of carbonyl (C=O) groups excluding carboxylic acids is 1. The van der Waals surface area contributed by atoms with Crippen LogP contribution in [0.1, 0.15) is 50.5 Å². The first kappa shape index (κ1) is 13.8. The molecule has 1 rings (SSSR count). The Bertz CT molecular complexity index is 346. The molecular weight excluding hydrogens is 216 g/mol. The zero-order chi connectivity index (χ0) is 12.7. The maximum absolute atomic E-state index is 11.9. The first-order chi connectivity index (χ1) is 8.15. The fourth-order valence-corrected chi connectivity index (χ4v) is 1.62. The molecule has 0 unspecified atom stereocenters. The molecule has 0 aliphatic rings. The van der Waals surface area contributed by atoms with Gasteiger partial charge in [0.05, 0.1) is 6.20 Å². The highest BCUT2D eigenvalue weighted by atomic mass is 16.1. The van der Waals surface area contributed by atoms with E-state index in [9.17, 15) is 4.79 Å². The van der Waals surface area contributed by atoms with Crippen molar-refractivity contribution >= 4 is 5.78 Å². The van der Waals surface area contributed by atoms with Gasteiger partial charge in [0.2, 0.25) is 0 Å². The molecule has 0 aliphatic heterocycles. The number of hydrogen-bond acceptors (Lipinski definition) is 4. The first-order valence-electron chi connectivity index (χ1n) is 6.30. The number of rotatable bonds is 8. The molecule has 0 aliphatic carbocycles. The molecule has 0 saturated heterocycles. The minimum absolute atomic E-state index is 0.133. The monoisotopic (exact) mass is 238 g/mol. The van der Waals surface area contributed by atoms with Crippen molar-refractivity contribution < 1.29 is 4.79 Å². The molecule has 0 saturated carbocycles. The molecule has 1 aromatic heterocycles. The third-order valence-corrected chi connectivity index (χ3v) is 2.47. The van der Waals surface area contributed by atoms with Crippen LogP contribution in [0.3, 0.4) is 0 Å². The molecule has 0 spiro atoms. The Labute approximate surface area is 103 Å². The number of nitrogens with zero attached hydrogens (tertiary/aromatic N) is 3. The van der Waals surface area contributed by atoms with Crippen LogP contribution >= 0.6 is 0 Å². The van der Waals surface area contributed by atoms with Gasteiger partial charge in [0.1, 0.15) is 5.69 Å². The van der Waals surface area contributed by atoms with Gasteiger partial charge < -0.3 is 5.32 Å². The molecular formula is C12H22N4O. The molecule has 0 radical (unpaired) electrons. The van der Waals surface area contributed by atoms with Gasteiger partial charge >= 0.3 is 0 Å². The Hall–Kier alpha value is -1.23. The number of hydrogen-bond donors (Lipinski definition) is 1. The number of carbonyl (C=O) groups is 1. The van der Waals surface area contributed by atoms with E-state index in [1.807, 2.05) is 0 Å². The first-order valence-corrected chi connectivity index (χ1v) is 6.30. The summed E-state index contributed by atoms with van der Waals surface area (Å²) >= 11 is 0. The number of aromatic nitrogens is 3. The zero-order valence-corrected chi connectivity index (χ0v) is 10.9. The lowest BCUT2D eigenvalue weighted by Gasteiger charge is -2.07. The topological polar surface area (TPSA) is 59.8 Å². The van der Waals surface area contributed by atoms with Gasteiger partial charge in [0.25, 0.3) is 0 Å². The van der Waals surface area contributed by atoms with Crippen LogP contribution in [0, 0.1) is 0 Å². The Morgan fingerprint density at radius 2 is 2.29 bits per heavy atom. The number of Topliss-reactive ketones (excluding diaryl/α,β-unsaturated/α-hetero) is 1. The second-order valence-electron chi connectivity index (χ2n) is 4.48. The standard InChI is InChI=1S/C12H22N4O/c1-4-8-16-11(9-14-15-16)12(17)6-5-7-13-10(2)3/h9-10,13H,4-8H2,1-3H3. The maximum atomic E-state index is 11.9. The van der Waals surface area contributed by atoms with Crippen molar-refractivity contribution in [1.82, 2.24) is 20.3 Å². The molecule has 0 aromatic carbocycles. The average molecular weight is 238 g/mol. The predicted octanol–water partition coefficient (Wildman–Crippen LogP) is 1.65. The van der Waals surface area contributed by atoms with E-state index < -0.39 is 0 Å². The Morgan fingerprint density at radius 1 is 1.53 bits per heavy atom. The van der Waals surface area contributed by atoms with Crippen LogP contribution in [-0.4, -0.2) is 33.4 Å². The molecule has 1 aromatic rings. The summed E-state index contributed by atoms with van der Waals surface area (Å²) in [5.74, 6) is 0.133. The minimum atomic E-state index is 0.133. The zero-order valence-electron chi connectivity index (χ0n) is 10.9. The van der Waals surface area contributed by atoms with Gasteiger partial charge in [-0.25, -0.2) is 4.68 Å². The summed E-state index contributed by atoms with van der Waals surface area (Å²) in [5, 5.41) is 11.0. The summed E-state index contributed by atoms with van der Waals surface area (Å²) in [4.78, 5) is 11.9. The number of ketones is 1. The molecule has 5 heteroatoms. The fourth-order valence-electron chi connectivity index (χ4n) is 1.62. The Balaban J connectivity index is 2.38. The van der Waals surface area contributed by atoms with E-state index in [4.69, 9.17) is 0 Å². The lowest BCUT2D eigenvalue weighted by atomic mass is 10.1. The van der Waals surface area contributed by atoms with Crippen LogP contribution in [0.25, 0.3) is 0 Å². The van der Waals surface area contributed by atoms with Gasteiger partial charge in [-0.2, -0.15) is 0 Å². The molecule has 17 heavy (non-hydrogen) atoms. The van der Waals surface area contributed by atoms with Crippen LogP contribution in [0.5, 0.6) is 0 Å². The van der Waals surface area contributed by atoms with Gasteiger partial charge in [-0.05, 0) is 19.4 Å². The summed E-state index contributed by atoms with van der Waals surface area (Å²) in [5.41, 5.74) is 0.636. The molecule has 1 heterocycles. The fraction of sp³-hybridized carbons (Fsp3) is 0.750. The van der Waals surface area contributed by atoms with E-state index in [0.29, 0.717) is 18.2 Å². The molecule has 0 bridgehead atoms. The predicted molar refractivity (Wildman–Crippen MR) is 67.0 cm³/mol. The Morgan fingerprint density at radius 3 is 2.94 bits per heavy atom. The van der Waals surface area contributed by atoms with Crippen molar-refractivity contribution in [2.45, 2.75) is 52.6 Å². The van der Waals surface area contributed by atoms with Crippen LogP contribution < -0.4 is 5.32 Å². The molecule has 1 N–H and O–H groups in total. The second kappa shape index (κ2) is 7.17. The summed E-state index contributed by atoms with van der Waals surface area (Å²) in [6, 6.07) is 0.470. The van der Waals surface area contributed by atoms with E-state index in [-0.39, 0.29) is 5.78 Å². The van der Waals surface area contributed by atoms with Gasteiger partial charge in [-0.1, -0.05) is 26.0 Å². The lowest BCUT2D eigenvalue weighted by molar-refractivity contribution is 0.0969. The highest BCUT2D eigenvalue weighted by Crippen LogP contribution is 2.04. The smallest absolute Gasteiger partial charge is 0.182 e. The third-order valence-electron chi connectivity index (χ3n) is 2.47. The lowest BCUT2D eigenvalue weighted by Crippen LogP contribution is -2.24. The van der Waals surface area contributed by atoms with Gasteiger partial charge in [0.15, 0.2) is 5.78 Å². The van der Waals surface area contributed by atoms with Crippen molar-refractivity contribution in [3.05, 3.63) is 11.9 Å². The average Bonchev–Trinajstić information content (AvgIpc) is 2.72. The van der Waals surface area contributed by atoms with Crippen molar-refractivity contribution in [2.75, 3.05) is 6.54 Å². The van der Waals surface area contributed by atoms with Gasteiger partial charge in [0, 0.05) is 19.0 Å².